The van der Waals surface area contributed by atoms with Crippen LogP contribution in [0.5, 0.6) is 0 Å². The van der Waals surface area contributed by atoms with Crippen LogP contribution >= 0.6 is 0 Å². The first-order valence-corrected chi connectivity index (χ1v) is 11.7. The Morgan fingerprint density at radius 2 is 1.77 bits per heavy atom. The van der Waals surface area contributed by atoms with E-state index >= 15 is 0 Å². The number of nitrogens with zero attached hydrogens (tertiary/aromatic N) is 3. The molecule has 0 aromatic carbocycles. The van der Waals surface area contributed by atoms with Crippen LogP contribution in [0.4, 0.5) is 18.0 Å². The van der Waals surface area contributed by atoms with Gasteiger partial charge in [-0.15, -0.1) is 0 Å². The number of alkyl halides is 3. The van der Waals surface area contributed by atoms with Gasteiger partial charge in [-0.05, 0) is 76.3 Å². The zero-order valence-electron chi connectivity index (χ0n) is 18.3. The van der Waals surface area contributed by atoms with Gasteiger partial charge in [-0.1, -0.05) is 0 Å². The van der Waals surface area contributed by atoms with Crippen LogP contribution < -0.4 is 0 Å². The first-order chi connectivity index (χ1) is 14.7. The van der Waals surface area contributed by atoms with Gasteiger partial charge in [-0.2, -0.15) is 13.2 Å². The molecule has 31 heavy (non-hydrogen) atoms. The Kier molecular flexibility index (Phi) is 6.43. The highest BCUT2D eigenvalue weighted by Crippen LogP contribution is 2.51. The van der Waals surface area contributed by atoms with Gasteiger partial charge in [0.15, 0.2) is 0 Å². The van der Waals surface area contributed by atoms with Crippen LogP contribution in [0.1, 0.15) is 58.3 Å². The van der Waals surface area contributed by atoms with Gasteiger partial charge < -0.3 is 19.4 Å². The highest BCUT2D eigenvalue weighted by atomic mass is 19.4. The fourth-order valence-electron chi connectivity index (χ4n) is 6.37. The standard InChI is InChI=1S/C22H34F3N3O3/c1-2-31-20(30)27-11-7-21(15-27)12-17(13-21)26-9-5-16(6-10-26)18-4-3-8-28(18)19(29)14-22(23,24)25/h16-18H,2-15H2,1H3/t17?,18-,21?/m0/s1. The van der Waals surface area contributed by atoms with Crippen LogP contribution in [-0.4, -0.2) is 84.3 Å². The summed E-state index contributed by atoms with van der Waals surface area (Å²) in [7, 11) is 0. The lowest BCUT2D eigenvalue weighted by Gasteiger charge is -2.52. The molecule has 3 aliphatic heterocycles. The third kappa shape index (κ3) is 4.96. The summed E-state index contributed by atoms with van der Waals surface area (Å²) in [6, 6.07) is 0.507. The molecule has 0 aromatic rings. The zero-order chi connectivity index (χ0) is 22.2. The molecule has 4 rings (SSSR count). The molecular weight excluding hydrogens is 411 g/mol. The molecule has 9 heteroatoms. The van der Waals surface area contributed by atoms with Gasteiger partial charge in [-0.25, -0.2) is 4.79 Å². The maximum Gasteiger partial charge on any atom is 0.409 e. The summed E-state index contributed by atoms with van der Waals surface area (Å²) in [5.41, 5.74) is 0.237. The average Bonchev–Trinajstić information content (AvgIpc) is 3.34. The van der Waals surface area contributed by atoms with Crippen LogP contribution in [0.2, 0.25) is 0 Å². The molecule has 1 aliphatic carbocycles. The lowest BCUT2D eigenvalue weighted by Crippen LogP contribution is -2.55. The number of hydrogen-bond donors (Lipinski definition) is 0. The normalized spacial score (nSPS) is 32.5. The summed E-state index contributed by atoms with van der Waals surface area (Å²) in [4.78, 5) is 30.0. The fraction of sp³-hybridized carbons (Fsp3) is 0.909. The van der Waals surface area contributed by atoms with E-state index in [2.05, 4.69) is 4.90 Å². The van der Waals surface area contributed by atoms with Crippen LogP contribution in [-0.2, 0) is 9.53 Å². The minimum absolute atomic E-state index is 0.0299. The van der Waals surface area contributed by atoms with Crippen molar-refractivity contribution in [3.05, 3.63) is 0 Å². The number of ether oxygens (including phenoxy) is 1. The van der Waals surface area contributed by atoms with Crippen LogP contribution in [0.3, 0.4) is 0 Å². The van der Waals surface area contributed by atoms with E-state index in [1.54, 1.807) is 0 Å². The summed E-state index contributed by atoms with van der Waals surface area (Å²) in [5.74, 6) is -0.457. The Hall–Kier alpha value is -1.51. The molecule has 1 saturated carbocycles. The Labute approximate surface area is 182 Å². The average molecular weight is 446 g/mol. The SMILES string of the molecule is CCOC(=O)N1CCC2(CC(N3CCC([C@@H]4CCCN4C(=O)CC(F)(F)F)CC3)C2)C1. The fourth-order valence-corrected chi connectivity index (χ4v) is 6.37. The minimum atomic E-state index is -4.43. The topological polar surface area (TPSA) is 53.1 Å². The molecule has 176 valence electrons. The number of amides is 2. The van der Waals surface area contributed by atoms with E-state index in [0.717, 1.165) is 71.1 Å². The Bertz CT molecular complexity index is 673. The summed E-state index contributed by atoms with van der Waals surface area (Å²) >= 11 is 0. The van der Waals surface area contributed by atoms with Gasteiger partial charge in [0, 0.05) is 31.7 Å². The second-order valence-electron chi connectivity index (χ2n) is 9.89. The summed E-state index contributed by atoms with van der Waals surface area (Å²) in [6.45, 7) is 6.15. The zero-order valence-corrected chi connectivity index (χ0v) is 18.3. The van der Waals surface area contributed by atoms with Crippen molar-refractivity contribution in [1.82, 2.24) is 14.7 Å². The molecule has 1 spiro atoms. The largest absolute Gasteiger partial charge is 0.450 e. The highest BCUT2D eigenvalue weighted by Gasteiger charge is 2.52. The van der Waals surface area contributed by atoms with Crippen molar-refractivity contribution < 1.29 is 27.5 Å². The number of carbonyl (C=O) groups is 2. The second-order valence-corrected chi connectivity index (χ2v) is 9.89. The molecule has 0 aromatic heterocycles. The van der Waals surface area contributed by atoms with Gasteiger partial charge >= 0.3 is 12.3 Å². The molecule has 4 fully saturated rings. The van der Waals surface area contributed by atoms with Gasteiger partial charge in [0.25, 0.3) is 0 Å². The molecule has 6 nitrogen and oxygen atoms in total. The second kappa shape index (κ2) is 8.79. The summed E-state index contributed by atoms with van der Waals surface area (Å²) < 4.78 is 43.1. The van der Waals surface area contributed by atoms with Crippen molar-refractivity contribution in [2.45, 2.75) is 76.6 Å². The maximum absolute atomic E-state index is 12.7. The molecule has 0 radical (unpaired) electrons. The van der Waals surface area contributed by atoms with E-state index in [0.29, 0.717) is 25.1 Å². The van der Waals surface area contributed by atoms with Crippen molar-refractivity contribution in [2.75, 3.05) is 39.3 Å². The van der Waals surface area contributed by atoms with Gasteiger partial charge in [0.2, 0.25) is 5.91 Å². The molecule has 3 saturated heterocycles. The molecular formula is C22H34F3N3O3. The quantitative estimate of drug-likeness (QED) is 0.663. The van der Waals surface area contributed by atoms with E-state index in [4.69, 9.17) is 4.74 Å². The predicted molar refractivity (Wildman–Crippen MR) is 108 cm³/mol. The third-order valence-corrected chi connectivity index (χ3v) is 7.91. The van der Waals surface area contributed by atoms with Crippen molar-refractivity contribution in [2.24, 2.45) is 11.3 Å². The number of carbonyl (C=O) groups excluding carboxylic acids is 2. The van der Waals surface area contributed by atoms with Gasteiger partial charge in [0.05, 0.1) is 6.61 Å². The van der Waals surface area contributed by atoms with E-state index in [-0.39, 0.29) is 17.6 Å². The van der Waals surface area contributed by atoms with Gasteiger partial charge in [0.1, 0.15) is 6.42 Å². The Morgan fingerprint density at radius 1 is 1.06 bits per heavy atom. The summed E-state index contributed by atoms with van der Waals surface area (Å²) in [6.07, 6.45) is 0.785. The lowest BCUT2D eigenvalue weighted by atomic mass is 9.64. The number of halogens is 3. The maximum atomic E-state index is 12.7. The Balaban J connectivity index is 1.23. The predicted octanol–water partition coefficient (Wildman–Crippen LogP) is 3.65. The number of piperidine rings is 1. The number of likely N-dealkylation sites (tertiary alicyclic amines) is 3. The minimum Gasteiger partial charge on any atom is -0.450 e. The van der Waals surface area contributed by atoms with Gasteiger partial charge in [-0.3, -0.25) is 4.79 Å². The van der Waals surface area contributed by atoms with Crippen molar-refractivity contribution >= 4 is 12.0 Å². The molecule has 2 amide bonds. The lowest BCUT2D eigenvalue weighted by molar-refractivity contribution is -0.162. The van der Waals surface area contributed by atoms with E-state index in [9.17, 15) is 22.8 Å². The van der Waals surface area contributed by atoms with Crippen LogP contribution in [0, 0.1) is 11.3 Å². The molecule has 0 bridgehead atoms. The number of hydrogen-bond acceptors (Lipinski definition) is 4. The van der Waals surface area contributed by atoms with E-state index < -0.39 is 18.5 Å². The van der Waals surface area contributed by atoms with E-state index in [1.807, 2.05) is 11.8 Å². The summed E-state index contributed by atoms with van der Waals surface area (Å²) in [5, 5.41) is 0. The first-order valence-electron chi connectivity index (χ1n) is 11.7. The Morgan fingerprint density at radius 3 is 2.42 bits per heavy atom. The smallest absolute Gasteiger partial charge is 0.409 e. The van der Waals surface area contributed by atoms with Crippen molar-refractivity contribution in [3.63, 3.8) is 0 Å². The molecule has 4 aliphatic rings. The number of rotatable bonds is 4. The van der Waals surface area contributed by atoms with Crippen molar-refractivity contribution in [1.29, 1.82) is 0 Å². The van der Waals surface area contributed by atoms with Crippen LogP contribution in [0.15, 0.2) is 0 Å². The van der Waals surface area contributed by atoms with Crippen molar-refractivity contribution in [3.8, 4) is 0 Å². The molecule has 3 heterocycles. The monoisotopic (exact) mass is 445 g/mol. The highest BCUT2D eigenvalue weighted by molar-refractivity contribution is 5.77. The molecule has 1 atom stereocenters. The first kappa shape index (κ1) is 22.7. The van der Waals surface area contributed by atoms with E-state index in [1.165, 1.54) is 4.90 Å². The van der Waals surface area contributed by atoms with Crippen LogP contribution in [0.25, 0.3) is 0 Å². The molecule has 0 N–H and O–H groups in total. The third-order valence-electron chi connectivity index (χ3n) is 7.91. The molecule has 0 unspecified atom stereocenters.